The maximum Gasteiger partial charge on any atom is 0.244 e. The largest absolute Gasteiger partial charge is 0.301 e. The van der Waals surface area contributed by atoms with Crippen molar-refractivity contribution in [1.29, 1.82) is 0 Å². The molecule has 2 rings (SSSR count). The van der Waals surface area contributed by atoms with Gasteiger partial charge in [-0.3, -0.25) is 4.79 Å². The number of amides is 1. The van der Waals surface area contributed by atoms with E-state index in [1.54, 1.807) is 6.92 Å². The van der Waals surface area contributed by atoms with Gasteiger partial charge in [0.1, 0.15) is 5.25 Å². The van der Waals surface area contributed by atoms with Gasteiger partial charge in [-0.05, 0) is 19.3 Å². The van der Waals surface area contributed by atoms with Crippen LogP contribution in [0.2, 0.25) is 0 Å². The molecule has 1 atom stereocenters. The molecule has 0 aliphatic heterocycles. The molecule has 0 fully saturated rings. The van der Waals surface area contributed by atoms with E-state index in [0.717, 1.165) is 16.1 Å². The number of nitrogens with zero attached hydrogens (tertiary/aromatic N) is 1. The molecule has 0 aliphatic carbocycles. The third kappa shape index (κ3) is 4.67. The van der Waals surface area contributed by atoms with E-state index in [-0.39, 0.29) is 11.7 Å². The van der Waals surface area contributed by atoms with Gasteiger partial charge in [0.2, 0.25) is 5.91 Å². The molecule has 0 saturated heterocycles. The summed E-state index contributed by atoms with van der Waals surface area (Å²) in [7, 11) is -3.44. The van der Waals surface area contributed by atoms with E-state index in [1.165, 1.54) is 18.3 Å². The van der Waals surface area contributed by atoms with Crippen LogP contribution in [-0.4, -0.2) is 30.3 Å². The van der Waals surface area contributed by atoms with Gasteiger partial charge in [-0.1, -0.05) is 51.1 Å². The van der Waals surface area contributed by atoms with Gasteiger partial charge < -0.3 is 5.32 Å². The van der Waals surface area contributed by atoms with Gasteiger partial charge in [-0.15, -0.1) is 11.3 Å². The van der Waals surface area contributed by atoms with E-state index in [1.807, 2.05) is 30.3 Å². The monoisotopic (exact) mass is 380 g/mol. The predicted octanol–water partition coefficient (Wildman–Crippen LogP) is 4.09. The summed E-state index contributed by atoms with van der Waals surface area (Å²) in [4.78, 5) is 17.9. The average molecular weight is 381 g/mol. The Hall–Kier alpha value is -1.73. The van der Waals surface area contributed by atoms with Crippen molar-refractivity contribution in [2.45, 2.75) is 45.3 Å². The normalized spacial score (nSPS) is 13.0. The highest BCUT2D eigenvalue weighted by Gasteiger charge is 2.28. The van der Waals surface area contributed by atoms with Crippen LogP contribution < -0.4 is 5.32 Å². The zero-order valence-electron chi connectivity index (χ0n) is 14.9. The molecule has 7 heteroatoms. The third-order valence-electron chi connectivity index (χ3n) is 3.85. The molecule has 1 aromatic heterocycles. The molecule has 5 nitrogen and oxygen atoms in total. The number of rotatable bonds is 7. The molecule has 25 heavy (non-hydrogen) atoms. The zero-order chi connectivity index (χ0) is 18.6. The van der Waals surface area contributed by atoms with E-state index in [2.05, 4.69) is 24.1 Å². The molecule has 1 amide bonds. The lowest BCUT2D eigenvalue weighted by Gasteiger charge is -2.11. The second kappa shape index (κ2) is 8.10. The molecule has 0 aliphatic rings. The fourth-order valence-electron chi connectivity index (χ4n) is 2.41. The number of carbonyl (C=O) groups excluding carboxylic acids is 1. The Balaban J connectivity index is 2.28. The Kier molecular flexibility index (Phi) is 6.35. The summed E-state index contributed by atoms with van der Waals surface area (Å²) in [5, 5.41) is 2.03. The van der Waals surface area contributed by atoms with Crippen LogP contribution in [0, 0.1) is 0 Å². The quantitative estimate of drug-likeness (QED) is 0.785. The minimum Gasteiger partial charge on any atom is -0.301 e. The van der Waals surface area contributed by atoms with Gasteiger partial charge in [0.05, 0.1) is 11.4 Å². The van der Waals surface area contributed by atoms with E-state index < -0.39 is 21.0 Å². The molecular weight excluding hydrogens is 356 g/mol. The third-order valence-corrected chi connectivity index (χ3v) is 7.39. The van der Waals surface area contributed by atoms with Gasteiger partial charge in [0.25, 0.3) is 0 Å². The summed E-state index contributed by atoms with van der Waals surface area (Å²) in [6.45, 7) is 7.35. The number of thiazole rings is 1. The lowest BCUT2D eigenvalue weighted by atomic mass is 10.1. The number of hydrogen-bond donors (Lipinski definition) is 1. The van der Waals surface area contributed by atoms with Crippen molar-refractivity contribution in [1.82, 2.24) is 4.98 Å². The Morgan fingerprint density at radius 1 is 1.20 bits per heavy atom. The second-order valence-corrected chi connectivity index (χ2v) is 9.72. The summed E-state index contributed by atoms with van der Waals surface area (Å²) in [6, 6.07) is 9.77. The fraction of sp³-hybridized carbons (Fsp3) is 0.444. The molecule has 136 valence electrons. The van der Waals surface area contributed by atoms with Gasteiger partial charge in [0, 0.05) is 10.4 Å². The van der Waals surface area contributed by atoms with Crippen molar-refractivity contribution < 1.29 is 13.2 Å². The number of benzene rings is 1. The first-order valence-electron chi connectivity index (χ1n) is 8.34. The second-order valence-electron chi connectivity index (χ2n) is 6.25. The average Bonchev–Trinajstić information content (AvgIpc) is 2.99. The number of carbonyl (C=O) groups is 1. The van der Waals surface area contributed by atoms with Gasteiger partial charge >= 0.3 is 0 Å². The van der Waals surface area contributed by atoms with Crippen LogP contribution in [0.15, 0.2) is 30.3 Å². The van der Waals surface area contributed by atoms with Crippen LogP contribution in [0.1, 0.15) is 44.9 Å². The van der Waals surface area contributed by atoms with Crippen molar-refractivity contribution in [2.24, 2.45) is 0 Å². The maximum atomic E-state index is 12.3. The summed E-state index contributed by atoms with van der Waals surface area (Å²) < 4.78 is 24.2. The Morgan fingerprint density at radius 2 is 1.84 bits per heavy atom. The van der Waals surface area contributed by atoms with Gasteiger partial charge in [-0.25, -0.2) is 13.4 Å². The summed E-state index contributed by atoms with van der Waals surface area (Å²) in [6.07, 6.45) is 0.493. The molecule has 1 heterocycles. The molecule has 2 aromatic rings. The number of nitrogens with one attached hydrogen (secondary N) is 1. The van der Waals surface area contributed by atoms with E-state index >= 15 is 0 Å². The smallest absolute Gasteiger partial charge is 0.244 e. The molecule has 1 N–H and O–H groups in total. The van der Waals surface area contributed by atoms with Gasteiger partial charge in [0.15, 0.2) is 15.0 Å². The SMILES string of the molecule is CCCS(=O)(=O)C(C)C(=O)Nc1nc(-c2ccccc2)c(C(C)C)s1. The lowest BCUT2D eigenvalue weighted by Crippen LogP contribution is -2.34. The standard InChI is InChI=1S/C18H24N2O3S2/c1-5-11-25(22,23)13(4)17(21)20-18-19-15(16(24-18)12(2)3)14-9-7-6-8-10-14/h6-10,12-13H,5,11H2,1-4H3,(H,19,20,21). The number of hydrogen-bond acceptors (Lipinski definition) is 5. The minimum atomic E-state index is -3.44. The van der Waals surface area contributed by atoms with Gasteiger partial charge in [-0.2, -0.15) is 0 Å². The minimum absolute atomic E-state index is 0.00592. The molecular formula is C18H24N2O3S2. The predicted molar refractivity (Wildman–Crippen MR) is 104 cm³/mol. The summed E-state index contributed by atoms with van der Waals surface area (Å²) in [5.41, 5.74) is 1.81. The van der Waals surface area contributed by atoms with E-state index in [0.29, 0.717) is 11.6 Å². The molecule has 1 unspecified atom stereocenters. The first kappa shape index (κ1) is 19.6. The highest BCUT2D eigenvalue weighted by molar-refractivity contribution is 7.92. The van der Waals surface area contributed by atoms with Crippen molar-refractivity contribution in [3.63, 3.8) is 0 Å². The van der Waals surface area contributed by atoms with Crippen molar-refractivity contribution in [3.8, 4) is 11.3 Å². The number of aromatic nitrogens is 1. The molecule has 0 radical (unpaired) electrons. The lowest BCUT2D eigenvalue weighted by molar-refractivity contribution is -0.115. The molecule has 0 bridgehead atoms. The van der Waals surface area contributed by atoms with Crippen LogP contribution in [0.25, 0.3) is 11.3 Å². The first-order chi connectivity index (χ1) is 11.8. The first-order valence-corrected chi connectivity index (χ1v) is 10.9. The molecule has 0 saturated carbocycles. The zero-order valence-corrected chi connectivity index (χ0v) is 16.6. The Labute approximate surface area is 153 Å². The Morgan fingerprint density at radius 3 is 2.40 bits per heavy atom. The molecule has 1 aromatic carbocycles. The fourth-order valence-corrected chi connectivity index (χ4v) is 4.71. The summed E-state index contributed by atoms with van der Waals surface area (Å²) in [5.74, 6) is -0.275. The Bertz CT molecular complexity index is 827. The highest BCUT2D eigenvalue weighted by atomic mass is 32.2. The summed E-state index contributed by atoms with van der Waals surface area (Å²) >= 11 is 1.39. The number of sulfone groups is 1. The maximum absolute atomic E-state index is 12.3. The van der Waals surface area contributed by atoms with E-state index in [9.17, 15) is 13.2 Å². The van der Waals surface area contributed by atoms with Crippen LogP contribution in [-0.2, 0) is 14.6 Å². The van der Waals surface area contributed by atoms with Crippen LogP contribution in [0.4, 0.5) is 5.13 Å². The molecule has 0 spiro atoms. The van der Waals surface area contributed by atoms with Crippen LogP contribution in [0.5, 0.6) is 0 Å². The highest BCUT2D eigenvalue weighted by Crippen LogP contribution is 2.36. The van der Waals surface area contributed by atoms with Crippen molar-refractivity contribution in [3.05, 3.63) is 35.2 Å². The number of anilines is 1. The van der Waals surface area contributed by atoms with Crippen molar-refractivity contribution in [2.75, 3.05) is 11.1 Å². The van der Waals surface area contributed by atoms with Crippen LogP contribution >= 0.6 is 11.3 Å². The van der Waals surface area contributed by atoms with Crippen LogP contribution in [0.3, 0.4) is 0 Å². The van der Waals surface area contributed by atoms with Crippen molar-refractivity contribution >= 4 is 32.2 Å². The van der Waals surface area contributed by atoms with E-state index in [4.69, 9.17) is 0 Å². The topological polar surface area (TPSA) is 76.1 Å².